The van der Waals surface area contributed by atoms with E-state index in [0.717, 1.165) is 25.7 Å². The van der Waals surface area contributed by atoms with E-state index in [1.165, 1.54) is 10.9 Å². The van der Waals surface area contributed by atoms with Crippen LogP contribution >= 0.6 is 0 Å². The van der Waals surface area contributed by atoms with Crippen molar-refractivity contribution in [3.63, 3.8) is 0 Å². The first-order valence-electron chi connectivity index (χ1n) is 7.38. The molecule has 2 heterocycles. The van der Waals surface area contributed by atoms with Crippen LogP contribution in [0.1, 0.15) is 32.1 Å². The van der Waals surface area contributed by atoms with Crippen molar-refractivity contribution in [1.82, 2.24) is 25.0 Å². The molecule has 2 atom stereocenters. The highest BCUT2D eigenvalue weighted by Crippen LogP contribution is 2.28. The Kier molecular flexibility index (Phi) is 4.26. The Morgan fingerprint density at radius 2 is 2.14 bits per heavy atom. The molecular formula is C13H20N6O2. The number of tetrazole rings is 1. The first-order valence-corrected chi connectivity index (χ1v) is 7.38. The summed E-state index contributed by atoms with van der Waals surface area (Å²) in [6, 6.07) is -0.469. The fraction of sp³-hybridized carbons (Fsp3) is 0.692. The van der Waals surface area contributed by atoms with Crippen LogP contribution in [0.25, 0.3) is 5.65 Å². The Hall–Kier alpha value is -1.80. The van der Waals surface area contributed by atoms with Gasteiger partial charge in [0.25, 0.3) is 0 Å². The second-order valence-electron chi connectivity index (χ2n) is 5.54. The van der Waals surface area contributed by atoms with E-state index in [4.69, 9.17) is 0 Å². The van der Waals surface area contributed by atoms with Crippen LogP contribution < -0.4 is 5.32 Å². The summed E-state index contributed by atoms with van der Waals surface area (Å²) < 4.78 is 1.50. The van der Waals surface area contributed by atoms with Crippen molar-refractivity contribution in [3.05, 3.63) is 12.4 Å². The summed E-state index contributed by atoms with van der Waals surface area (Å²) in [5, 5.41) is 34.5. The van der Waals surface area contributed by atoms with E-state index in [1.807, 2.05) is 0 Å². The summed E-state index contributed by atoms with van der Waals surface area (Å²) in [5.41, 5.74) is 0.479. The average molecular weight is 292 g/mol. The van der Waals surface area contributed by atoms with E-state index in [2.05, 4.69) is 25.8 Å². The number of hydrogen-bond acceptors (Lipinski definition) is 7. The van der Waals surface area contributed by atoms with Gasteiger partial charge in [-0.3, -0.25) is 0 Å². The van der Waals surface area contributed by atoms with Crippen molar-refractivity contribution in [2.75, 3.05) is 11.9 Å². The number of aliphatic hydroxyl groups excluding tert-OH is 2. The molecule has 21 heavy (non-hydrogen) atoms. The largest absolute Gasteiger partial charge is 0.394 e. The summed E-state index contributed by atoms with van der Waals surface area (Å²) in [6.45, 7) is -0.165. The maximum Gasteiger partial charge on any atom is 0.221 e. The summed E-state index contributed by atoms with van der Waals surface area (Å²) in [6.07, 6.45) is 8.14. The highest BCUT2D eigenvalue weighted by atomic mass is 16.3. The van der Waals surface area contributed by atoms with Gasteiger partial charge in [-0.2, -0.15) is 4.52 Å². The van der Waals surface area contributed by atoms with E-state index < -0.39 is 12.1 Å². The highest BCUT2D eigenvalue weighted by molar-refractivity contribution is 5.61. The van der Waals surface area contributed by atoms with Gasteiger partial charge in [0, 0.05) is 6.20 Å². The number of nitrogens with one attached hydrogen (secondary N) is 1. The first-order chi connectivity index (χ1) is 10.3. The minimum atomic E-state index is -0.603. The summed E-state index contributed by atoms with van der Waals surface area (Å²) in [4.78, 5) is 4.20. The molecule has 3 N–H and O–H groups in total. The predicted octanol–water partition coefficient (Wildman–Crippen LogP) is 0.233. The third-order valence-electron chi connectivity index (χ3n) is 4.18. The normalized spacial score (nSPS) is 19.5. The molecule has 114 valence electrons. The molecule has 0 amide bonds. The zero-order chi connectivity index (χ0) is 14.7. The molecule has 0 spiro atoms. The third-order valence-corrected chi connectivity index (χ3v) is 4.18. The molecule has 0 unspecified atom stereocenters. The quantitative estimate of drug-likeness (QED) is 0.724. The molecule has 3 rings (SSSR count). The Balaban J connectivity index is 1.75. The number of aromatic nitrogens is 5. The van der Waals surface area contributed by atoms with Gasteiger partial charge in [0.1, 0.15) is 0 Å². The summed E-state index contributed by atoms with van der Waals surface area (Å²) in [7, 11) is 0. The van der Waals surface area contributed by atoms with E-state index >= 15 is 0 Å². The number of hydrogen-bond donors (Lipinski definition) is 3. The molecule has 8 nitrogen and oxygen atoms in total. The number of aliphatic hydroxyl groups is 2. The number of anilines is 1. The van der Waals surface area contributed by atoms with Crippen molar-refractivity contribution < 1.29 is 10.2 Å². The van der Waals surface area contributed by atoms with Crippen molar-refractivity contribution in [2.24, 2.45) is 5.92 Å². The molecule has 0 radical (unpaired) electrons. The lowest BCUT2D eigenvalue weighted by Gasteiger charge is -2.32. The average Bonchev–Trinajstić information content (AvgIpc) is 3.02. The fourth-order valence-electron chi connectivity index (χ4n) is 3.00. The fourth-order valence-corrected chi connectivity index (χ4v) is 3.00. The first kappa shape index (κ1) is 14.2. The van der Waals surface area contributed by atoms with Crippen LogP contribution in [0.5, 0.6) is 0 Å². The molecule has 2 aromatic heterocycles. The van der Waals surface area contributed by atoms with Crippen molar-refractivity contribution in [2.45, 2.75) is 44.2 Å². The zero-order valence-electron chi connectivity index (χ0n) is 11.8. The topological polar surface area (TPSA) is 108 Å². The lowest BCUT2D eigenvalue weighted by atomic mass is 9.83. The van der Waals surface area contributed by atoms with Crippen LogP contribution in [0.3, 0.4) is 0 Å². The standard InChI is InChI=1S/C13H20N6O2/c20-8-10(11(21)9-4-2-1-3-5-9)15-12-13-16-17-18-19(13)7-6-14-12/h6-7,9-11,20-21H,1-5,8H2,(H,14,15)/t10-,11-/m1/s1. The highest BCUT2D eigenvalue weighted by Gasteiger charge is 2.29. The summed E-state index contributed by atoms with van der Waals surface area (Å²) >= 11 is 0. The van der Waals surface area contributed by atoms with E-state index in [1.54, 1.807) is 12.4 Å². The van der Waals surface area contributed by atoms with E-state index in [-0.39, 0.29) is 12.5 Å². The molecule has 0 bridgehead atoms. The van der Waals surface area contributed by atoms with Gasteiger partial charge >= 0.3 is 0 Å². The second kappa shape index (κ2) is 6.31. The number of fused-ring (bicyclic) bond motifs is 1. The minimum Gasteiger partial charge on any atom is -0.394 e. The third kappa shape index (κ3) is 2.96. The van der Waals surface area contributed by atoms with Crippen molar-refractivity contribution >= 4 is 11.5 Å². The predicted molar refractivity (Wildman–Crippen MR) is 75.7 cm³/mol. The zero-order valence-corrected chi connectivity index (χ0v) is 11.8. The van der Waals surface area contributed by atoms with Gasteiger partial charge in [-0.05, 0) is 29.2 Å². The Morgan fingerprint density at radius 1 is 1.33 bits per heavy atom. The lowest BCUT2D eigenvalue weighted by molar-refractivity contribution is 0.0493. The SMILES string of the molecule is OC[C@@H](Nc1nccn2nnnc12)[C@H](O)C1CCCCC1. The molecule has 0 aliphatic heterocycles. The molecule has 1 aliphatic rings. The van der Waals surface area contributed by atoms with Crippen LogP contribution in [0.4, 0.5) is 5.82 Å². The van der Waals surface area contributed by atoms with E-state index in [0.29, 0.717) is 11.5 Å². The molecule has 2 aromatic rings. The smallest absolute Gasteiger partial charge is 0.221 e. The molecule has 1 aliphatic carbocycles. The van der Waals surface area contributed by atoms with Crippen LogP contribution in [0.15, 0.2) is 12.4 Å². The van der Waals surface area contributed by atoms with Crippen molar-refractivity contribution in [1.29, 1.82) is 0 Å². The van der Waals surface area contributed by atoms with Gasteiger partial charge in [0.15, 0.2) is 5.82 Å². The lowest BCUT2D eigenvalue weighted by Crippen LogP contribution is -2.42. The maximum absolute atomic E-state index is 10.5. The summed E-state index contributed by atoms with van der Waals surface area (Å²) in [5.74, 6) is 0.690. The van der Waals surface area contributed by atoms with Crippen LogP contribution in [0, 0.1) is 5.92 Å². The monoisotopic (exact) mass is 292 g/mol. The number of rotatable bonds is 5. The molecule has 0 aromatic carbocycles. The van der Waals surface area contributed by atoms with Gasteiger partial charge < -0.3 is 15.5 Å². The Morgan fingerprint density at radius 3 is 2.90 bits per heavy atom. The van der Waals surface area contributed by atoms with Gasteiger partial charge in [-0.25, -0.2) is 4.98 Å². The van der Waals surface area contributed by atoms with Crippen LogP contribution in [-0.4, -0.2) is 54.0 Å². The maximum atomic E-state index is 10.5. The van der Waals surface area contributed by atoms with Crippen LogP contribution in [0.2, 0.25) is 0 Å². The van der Waals surface area contributed by atoms with Crippen molar-refractivity contribution in [3.8, 4) is 0 Å². The van der Waals surface area contributed by atoms with E-state index in [9.17, 15) is 10.2 Å². The molecule has 1 fully saturated rings. The van der Waals surface area contributed by atoms with Gasteiger partial charge in [0.2, 0.25) is 5.65 Å². The minimum absolute atomic E-state index is 0.165. The molecular weight excluding hydrogens is 272 g/mol. The molecule has 8 heteroatoms. The van der Waals surface area contributed by atoms with Gasteiger partial charge in [0.05, 0.1) is 24.9 Å². The molecule has 0 saturated heterocycles. The van der Waals surface area contributed by atoms with Crippen LogP contribution in [-0.2, 0) is 0 Å². The number of nitrogens with zero attached hydrogens (tertiary/aromatic N) is 5. The van der Waals surface area contributed by atoms with Gasteiger partial charge in [-0.15, -0.1) is 5.10 Å². The Bertz CT molecular complexity index is 583. The molecule has 1 saturated carbocycles. The second-order valence-corrected chi connectivity index (χ2v) is 5.54. The Labute approximate surface area is 122 Å². The van der Waals surface area contributed by atoms with Gasteiger partial charge in [-0.1, -0.05) is 19.3 Å².